The molecule has 0 fully saturated rings. The van der Waals surface area contributed by atoms with Crippen molar-refractivity contribution in [2.24, 2.45) is 0 Å². The van der Waals surface area contributed by atoms with Gasteiger partial charge >= 0.3 is 0 Å². The van der Waals surface area contributed by atoms with Crippen molar-refractivity contribution in [3.8, 4) is 0 Å². The number of sulfonamides is 1. The van der Waals surface area contributed by atoms with Crippen molar-refractivity contribution >= 4 is 10.0 Å². The van der Waals surface area contributed by atoms with Gasteiger partial charge in [-0.25, -0.2) is 13.1 Å². The molecular formula is C14H24N2O2S. The van der Waals surface area contributed by atoms with Crippen LogP contribution in [-0.4, -0.2) is 21.5 Å². The van der Waals surface area contributed by atoms with E-state index in [0.29, 0.717) is 11.4 Å². The maximum Gasteiger partial charge on any atom is 0.240 e. The molecule has 0 aromatic heterocycles. The van der Waals surface area contributed by atoms with Crippen LogP contribution in [-0.2, 0) is 16.6 Å². The van der Waals surface area contributed by atoms with E-state index in [-0.39, 0.29) is 6.04 Å². The molecule has 0 aliphatic heterocycles. The first-order valence-corrected chi connectivity index (χ1v) is 8.27. The number of benzene rings is 1. The highest BCUT2D eigenvalue weighted by Crippen LogP contribution is 2.13. The molecule has 0 radical (unpaired) electrons. The number of nitrogens with one attached hydrogen (secondary N) is 2. The Morgan fingerprint density at radius 3 is 2.58 bits per heavy atom. The predicted octanol–water partition coefficient (Wildman–Crippen LogP) is 2.26. The van der Waals surface area contributed by atoms with E-state index in [9.17, 15) is 8.42 Å². The summed E-state index contributed by atoms with van der Waals surface area (Å²) in [6, 6.07) is 7.07. The van der Waals surface area contributed by atoms with Gasteiger partial charge in [0.1, 0.15) is 0 Å². The lowest BCUT2D eigenvalue weighted by Crippen LogP contribution is -2.34. The average molecular weight is 284 g/mol. The molecule has 0 aliphatic rings. The summed E-state index contributed by atoms with van der Waals surface area (Å²) >= 11 is 0. The van der Waals surface area contributed by atoms with Crippen LogP contribution >= 0.6 is 0 Å². The number of hydrogen-bond acceptors (Lipinski definition) is 3. The Morgan fingerprint density at radius 1 is 1.26 bits per heavy atom. The van der Waals surface area contributed by atoms with Gasteiger partial charge in [0.2, 0.25) is 10.0 Å². The highest BCUT2D eigenvalue weighted by atomic mass is 32.2. The van der Waals surface area contributed by atoms with Crippen LogP contribution in [0.1, 0.15) is 38.7 Å². The van der Waals surface area contributed by atoms with Gasteiger partial charge in [0.25, 0.3) is 0 Å². The summed E-state index contributed by atoms with van der Waals surface area (Å²) in [6.07, 6.45) is 2.65. The van der Waals surface area contributed by atoms with Crippen molar-refractivity contribution in [1.82, 2.24) is 10.0 Å². The van der Waals surface area contributed by atoms with Crippen LogP contribution in [0.2, 0.25) is 0 Å². The van der Waals surface area contributed by atoms with E-state index in [2.05, 4.69) is 17.0 Å². The van der Waals surface area contributed by atoms with Crippen molar-refractivity contribution in [3.05, 3.63) is 29.8 Å². The third-order valence-electron chi connectivity index (χ3n) is 3.04. The summed E-state index contributed by atoms with van der Waals surface area (Å²) < 4.78 is 27.4. The summed E-state index contributed by atoms with van der Waals surface area (Å²) in [5, 5.41) is 3.02. The lowest BCUT2D eigenvalue weighted by molar-refractivity contribution is 0.512. The minimum atomic E-state index is -3.41. The summed E-state index contributed by atoms with van der Waals surface area (Å²) in [5.41, 5.74) is 0.967. The van der Waals surface area contributed by atoms with Gasteiger partial charge in [-0.05, 0) is 37.6 Å². The second-order valence-corrected chi connectivity index (χ2v) is 6.41. The summed E-state index contributed by atoms with van der Waals surface area (Å²) in [5.74, 6) is 0. The molecule has 1 aromatic carbocycles. The number of rotatable bonds is 8. The first-order chi connectivity index (χ1) is 9.03. The Morgan fingerprint density at radius 2 is 2.00 bits per heavy atom. The fraction of sp³-hybridized carbons (Fsp3) is 0.571. The molecule has 0 spiro atoms. The standard InChI is InChI=1S/C14H24N2O2S/c1-4-7-13(5-2)16-19(17,18)14-9-6-8-12(10-14)11-15-3/h6,8-10,13,15-16H,4-5,7,11H2,1-3H3. The van der Waals surface area contributed by atoms with E-state index < -0.39 is 10.0 Å². The Labute approximate surface area is 116 Å². The fourth-order valence-corrected chi connectivity index (χ4v) is 3.43. The Bertz CT molecular complexity index is 486. The van der Waals surface area contributed by atoms with Crippen LogP contribution in [0, 0.1) is 0 Å². The van der Waals surface area contributed by atoms with Gasteiger partial charge in [-0.15, -0.1) is 0 Å². The summed E-state index contributed by atoms with van der Waals surface area (Å²) in [4.78, 5) is 0.342. The Kier molecular flexibility index (Phi) is 6.48. The molecule has 0 heterocycles. The molecule has 2 N–H and O–H groups in total. The van der Waals surface area contributed by atoms with Crippen molar-refractivity contribution in [3.63, 3.8) is 0 Å². The second kappa shape index (κ2) is 7.62. The van der Waals surface area contributed by atoms with Crippen LogP contribution in [0.5, 0.6) is 0 Å². The fourth-order valence-electron chi connectivity index (χ4n) is 2.01. The molecule has 1 unspecified atom stereocenters. The molecule has 4 nitrogen and oxygen atoms in total. The maximum atomic E-state index is 12.3. The van der Waals surface area contributed by atoms with Gasteiger partial charge in [-0.1, -0.05) is 32.4 Å². The van der Waals surface area contributed by atoms with E-state index in [1.54, 1.807) is 18.2 Å². The van der Waals surface area contributed by atoms with E-state index >= 15 is 0 Å². The first-order valence-electron chi connectivity index (χ1n) is 6.79. The molecule has 1 rings (SSSR count). The third-order valence-corrected chi connectivity index (χ3v) is 4.56. The van der Waals surface area contributed by atoms with Gasteiger partial charge in [0, 0.05) is 12.6 Å². The summed E-state index contributed by atoms with van der Waals surface area (Å²) in [7, 11) is -1.57. The van der Waals surface area contributed by atoms with Crippen LogP contribution in [0.3, 0.4) is 0 Å². The second-order valence-electron chi connectivity index (χ2n) is 4.69. The lowest BCUT2D eigenvalue weighted by atomic mass is 10.1. The molecule has 0 aliphatic carbocycles. The first kappa shape index (κ1) is 16.1. The van der Waals surface area contributed by atoms with Gasteiger partial charge < -0.3 is 5.32 Å². The lowest BCUT2D eigenvalue weighted by Gasteiger charge is -2.16. The maximum absolute atomic E-state index is 12.3. The largest absolute Gasteiger partial charge is 0.316 e. The normalized spacial score (nSPS) is 13.4. The topological polar surface area (TPSA) is 58.2 Å². The monoisotopic (exact) mass is 284 g/mol. The zero-order valence-electron chi connectivity index (χ0n) is 11.9. The highest BCUT2D eigenvalue weighted by Gasteiger charge is 2.18. The van der Waals surface area contributed by atoms with E-state index in [4.69, 9.17) is 0 Å². The molecule has 0 saturated heterocycles. The molecular weight excluding hydrogens is 260 g/mol. The molecule has 0 saturated carbocycles. The SMILES string of the molecule is CCCC(CC)NS(=O)(=O)c1cccc(CNC)c1. The molecule has 1 aromatic rings. The van der Waals surface area contributed by atoms with E-state index in [1.807, 2.05) is 20.0 Å². The van der Waals surface area contributed by atoms with Gasteiger partial charge in [-0.3, -0.25) is 0 Å². The quantitative estimate of drug-likeness (QED) is 0.770. The molecule has 0 bridgehead atoms. The molecule has 0 amide bonds. The Hall–Kier alpha value is -0.910. The van der Waals surface area contributed by atoms with Crippen LogP contribution in [0.4, 0.5) is 0 Å². The smallest absolute Gasteiger partial charge is 0.240 e. The molecule has 1 atom stereocenters. The van der Waals surface area contributed by atoms with Crippen LogP contribution < -0.4 is 10.0 Å². The van der Waals surface area contributed by atoms with Crippen molar-refractivity contribution < 1.29 is 8.42 Å². The zero-order chi connectivity index (χ0) is 14.3. The highest BCUT2D eigenvalue weighted by molar-refractivity contribution is 7.89. The molecule has 5 heteroatoms. The molecule has 19 heavy (non-hydrogen) atoms. The minimum absolute atomic E-state index is 0.0166. The number of hydrogen-bond donors (Lipinski definition) is 2. The van der Waals surface area contributed by atoms with Crippen molar-refractivity contribution in [1.29, 1.82) is 0 Å². The van der Waals surface area contributed by atoms with Crippen molar-refractivity contribution in [2.75, 3.05) is 7.05 Å². The minimum Gasteiger partial charge on any atom is -0.316 e. The van der Waals surface area contributed by atoms with Crippen LogP contribution in [0.15, 0.2) is 29.2 Å². The predicted molar refractivity (Wildman–Crippen MR) is 78.5 cm³/mol. The van der Waals surface area contributed by atoms with E-state index in [1.165, 1.54) is 0 Å². The van der Waals surface area contributed by atoms with Crippen molar-refractivity contribution in [2.45, 2.75) is 50.6 Å². The Balaban J connectivity index is 2.89. The van der Waals surface area contributed by atoms with E-state index in [0.717, 1.165) is 24.8 Å². The molecule has 108 valence electrons. The van der Waals surface area contributed by atoms with Gasteiger partial charge in [-0.2, -0.15) is 0 Å². The van der Waals surface area contributed by atoms with Gasteiger partial charge in [0.05, 0.1) is 4.90 Å². The third kappa shape index (κ3) is 4.93. The summed E-state index contributed by atoms with van der Waals surface area (Å²) in [6.45, 7) is 4.72. The average Bonchev–Trinajstić information content (AvgIpc) is 2.39. The van der Waals surface area contributed by atoms with Crippen LogP contribution in [0.25, 0.3) is 0 Å². The zero-order valence-corrected chi connectivity index (χ0v) is 12.8. The van der Waals surface area contributed by atoms with Gasteiger partial charge in [0.15, 0.2) is 0 Å².